The number of alkyl carbamates (subject to hydrolysis) is 1. The summed E-state index contributed by atoms with van der Waals surface area (Å²) in [6, 6.07) is 3.35. The van der Waals surface area contributed by atoms with E-state index in [1.807, 2.05) is 24.3 Å². The summed E-state index contributed by atoms with van der Waals surface area (Å²) >= 11 is 6.32. The molecule has 1 saturated heterocycles. The maximum atomic E-state index is 14.1. The molecule has 3 heterocycles. The first-order valence-electron chi connectivity index (χ1n) is 15.5. The second-order valence-electron chi connectivity index (χ2n) is 13.3. The Kier molecular flexibility index (Phi) is 9.34. The average molecular weight is 645 g/mol. The number of ether oxygens (including phenoxy) is 2. The van der Waals surface area contributed by atoms with Gasteiger partial charge in [-0.05, 0) is 63.6 Å². The average Bonchev–Trinajstić information content (AvgIpc) is 3.27. The van der Waals surface area contributed by atoms with Crippen LogP contribution in [0, 0.1) is 5.92 Å². The third-order valence-corrected chi connectivity index (χ3v) is 9.12. The fraction of sp³-hybridized carbons (Fsp3) is 0.594. The maximum absolute atomic E-state index is 14.1. The molecule has 3 aliphatic heterocycles. The normalized spacial score (nSPS) is 28.5. The van der Waals surface area contributed by atoms with Crippen molar-refractivity contribution in [1.82, 2.24) is 20.4 Å². The van der Waals surface area contributed by atoms with E-state index in [9.17, 15) is 29.1 Å². The Hall–Kier alpha value is -3.80. The summed E-state index contributed by atoms with van der Waals surface area (Å²) in [5.74, 6) is -2.69. The van der Waals surface area contributed by atoms with Gasteiger partial charge in [-0.25, -0.2) is 14.4 Å². The van der Waals surface area contributed by atoms with Crippen molar-refractivity contribution in [2.24, 2.45) is 5.92 Å². The number of carbonyl (C=O) groups is 5. The lowest BCUT2D eigenvalue weighted by molar-refractivity contribution is -0.145. The summed E-state index contributed by atoms with van der Waals surface area (Å²) in [5.41, 5.74) is -0.504. The van der Waals surface area contributed by atoms with Crippen LogP contribution in [0.3, 0.4) is 0 Å². The highest BCUT2D eigenvalue weighted by Crippen LogP contribution is 2.45. The number of nitrogens with zero attached hydrogens (tertiary/aromatic N) is 2. The van der Waals surface area contributed by atoms with Gasteiger partial charge in [0.25, 0.3) is 0 Å². The fourth-order valence-electron chi connectivity index (χ4n) is 6.32. The molecule has 0 spiro atoms. The minimum atomic E-state index is -1.47. The van der Waals surface area contributed by atoms with Crippen molar-refractivity contribution in [3.63, 3.8) is 0 Å². The number of fused-ring (bicyclic) bond motifs is 3. The smallest absolute Gasteiger partial charge is 0.410 e. The molecule has 5 atom stereocenters. The molecule has 0 aromatic heterocycles. The number of allylic oxidation sites excluding steroid dienone is 1. The summed E-state index contributed by atoms with van der Waals surface area (Å²) < 4.78 is 11.2. The van der Waals surface area contributed by atoms with Crippen LogP contribution >= 0.6 is 11.6 Å². The van der Waals surface area contributed by atoms with Gasteiger partial charge in [-0.1, -0.05) is 48.7 Å². The molecule has 1 aliphatic carbocycles. The van der Waals surface area contributed by atoms with Crippen molar-refractivity contribution >= 4 is 41.6 Å². The van der Waals surface area contributed by atoms with Gasteiger partial charge in [-0.15, -0.1) is 0 Å². The molecule has 0 radical (unpaired) electrons. The Balaban J connectivity index is 1.37. The predicted octanol–water partition coefficient (Wildman–Crippen LogP) is 4.13. The number of nitrogens with one attached hydrogen (secondary N) is 2. The van der Waals surface area contributed by atoms with Gasteiger partial charge in [0, 0.05) is 23.9 Å². The molecule has 244 valence electrons. The van der Waals surface area contributed by atoms with Crippen LogP contribution in [0.5, 0.6) is 0 Å². The van der Waals surface area contributed by atoms with E-state index in [4.69, 9.17) is 21.1 Å². The molecule has 0 bridgehead atoms. The second kappa shape index (κ2) is 12.9. The Morgan fingerprint density at radius 1 is 1.13 bits per heavy atom. The first kappa shape index (κ1) is 32.6. The molecule has 5 rings (SSSR count). The van der Waals surface area contributed by atoms with Crippen molar-refractivity contribution in [2.45, 2.75) is 108 Å². The highest BCUT2D eigenvalue weighted by atomic mass is 35.5. The van der Waals surface area contributed by atoms with Crippen LogP contribution in [0.4, 0.5) is 9.59 Å². The van der Waals surface area contributed by atoms with Crippen LogP contribution in [0.15, 0.2) is 30.4 Å². The molecule has 4 amide bonds. The molecule has 45 heavy (non-hydrogen) atoms. The van der Waals surface area contributed by atoms with E-state index in [2.05, 4.69) is 10.6 Å². The maximum Gasteiger partial charge on any atom is 0.410 e. The van der Waals surface area contributed by atoms with Gasteiger partial charge in [0.05, 0.1) is 13.1 Å². The summed E-state index contributed by atoms with van der Waals surface area (Å²) in [6.07, 6.45) is 5.04. The molecule has 3 N–H and O–H groups in total. The predicted molar refractivity (Wildman–Crippen MR) is 163 cm³/mol. The van der Waals surface area contributed by atoms with E-state index in [-0.39, 0.29) is 31.8 Å². The number of benzene rings is 1. The molecule has 1 aromatic rings. The Morgan fingerprint density at radius 3 is 2.62 bits per heavy atom. The third-order valence-electron chi connectivity index (χ3n) is 8.76. The van der Waals surface area contributed by atoms with Gasteiger partial charge in [-0.3, -0.25) is 14.5 Å². The Bertz CT molecular complexity index is 1390. The molecule has 1 saturated carbocycles. The topological polar surface area (TPSA) is 155 Å². The van der Waals surface area contributed by atoms with E-state index in [0.717, 1.165) is 30.4 Å². The molecule has 4 aliphatic rings. The summed E-state index contributed by atoms with van der Waals surface area (Å²) in [5, 5.41) is 16.0. The van der Waals surface area contributed by atoms with Crippen LogP contribution in [-0.4, -0.2) is 80.7 Å². The molecule has 12 nitrogen and oxygen atoms in total. The molecule has 2 fully saturated rings. The molecule has 1 aromatic carbocycles. The van der Waals surface area contributed by atoms with Crippen molar-refractivity contribution in [3.8, 4) is 0 Å². The number of carbonyl (C=O) groups excluding carboxylic acids is 4. The van der Waals surface area contributed by atoms with Gasteiger partial charge in [0.2, 0.25) is 11.8 Å². The Morgan fingerprint density at radius 2 is 1.91 bits per heavy atom. The van der Waals surface area contributed by atoms with Crippen molar-refractivity contribution < 1.29 is 38.6 Å². The number of amides is 4. The fourth-order valence-corrected chi connectivity index (χ4v) is 6.58. The third kappa shape index (κ3) is 7.37. The van der Waals surface area contributed by atoms with Crippen molar-refractivity contribution in [2.75, 3.05) is 6.54 Å². The van der Waals surface area contributed by atoms with Gasteiger partial charge < -0.3 is 30.1 Å². The minimum absolute atomic E-state index is 0.0276. The lowest BCUT2D eigenvalue weighted by Gasteiger charge is -2.30. The number of carboxylic acids is 1. The highest BCUT2D eigenvalue weighted by molar-refractivity contribution is 6.31. The van der Waals surface area contributed by atoms with Gasteiger partial charge >= 0.3 is 18.2 Å². The zero-order valence-corrected chi connectivity index (χ0v) is 26.6. The van der Waals surface area contributed by atoms with Crippen LogP contribution < -0.4 is 10.6 Å². The minimum Gasteiger partial charge on any atom is -0.479 e. The van der Waals surface area contributed by atoms with E-state index >= 15 is 0 Å². The number of carboxylic acid groups (broad SMARTS) is 1. The van der Waals surface area contributed by atoms with Crippen molar-refractivity contribution in [1.29, 1.82) is 0 Å². The zero-order chi connectivity index (χ0) is 32.5. The van der Waals surface area contributed by atoms with Gasteiger partial charge in [0.1, 0.15) is 29.3 Å². The number of halogens is 1. The van der Waals surface area contributed by atoms with Crippen LogP contribution in [-0.2, 0) is 36.9 Å². The number of hydrogen-bond donors (Lipinski definition) is 3. The van der Waals surface area contributed by atoms with E-state index in [0.29, 0.717) is 24.4 Å². The Labute approximate surface area is 267 Å². The quantitative estimate of drug-likeness (QED) is 0.415. The van der Waals surface area contributed by atoms with Gasteiger partial charge in [0.15, 0.2) is 0 Å². The van der Waals surface area contributed by atoms with Gasteiger partial charge in [-0.2, -0.15) is 0 Å². The number of rotatable bonds is 3. The SMILES string of the molecule is CC(C)(C)OC(=O)N[C@@H]1CCCCCC=C[C@@H]2C[C@@]2(C(=O)O)NC(=O)[C@@H]2C[C@@H](OC(=O)N3Cc4cccc(Cl)c4C3)CN2C1=O. The lowest BCUT2D eigenvalue weighted by atomic mass is 10.0. The largest absolute Gasteiger partial charge is 0.479 e. The van der Waals surface area contributed by atoms with Crippen LogP contribution in [0.2, 0.25) is 5.02 Å². The van der Waals surface area contributed by atoms with E-state index in [1.54, 1.807) is 26.8 Å². The standard InChI is InChI=1S/C32H41ClN4O8/c1-31(2,3)45-29(42)34-24-13-8-6-4-5-7-11-20-15-32(20,28(40)41)35-26(38)25-14-21(17-37(25)27(24)39)44-30(43)36-16-19-10-9-12-23(33)22(19)18-36/h7,9-12,20-21,24-25H,4-6,8,13-18H2,1-3H3,(H,34,42)(H,35,38)(H,40,41)/t20-,21-,24-,25+,32-/m1/s1. The molecular formula is C32H41ClN4O8. The van der Waals surface area contributed by atoms with Crippen LogP contribution in [0.25, 0.3) is 0 Å². The van der Waals surface area contributed by atoms with Crippen LogP contribution in [0.1, 0.15) is 76.8 Å². The van der Waals surface area contributed by atoms with Crippen molar-refractivity contribution in [3.05, 3.63) is 46.5 Å². The number of hydrogen-bond acceptors (Lipinski definition) is 7. The number of aliphatic carboxylic acids is 1. The second-order valence-corrected chi connectivity index (χ2v) is 13.7. The molecule has 13 heteroatoms. The summed E-state index contributed by atoms with van der Waals surface area (Å²) in [4.78, 5) is 68.9. The monoisotopic (exact) mass is 644 g/mol. The summed E-state index contributed by atoms with van der Waals surface area (Å²) in [6.45, 7) is 5.63. The van der Waals surface area contributed by atoms with E-state index in [1.165, 1.54) is 9.80 Å². The zero-order valence-electron chi connectivity index (χ0n) is 25.8. The highest BCUT2D eigenvalue weighted by Gasteiger charge is 2.61. The first-order chi connectivity index (χ1) is 21.3. The lowest BCUT2D eigenvalue weighted by Crippen LogP contribution is -2.56. The first-order valence-corrected chi connectivity index (χ1v) is 15.9. The summed E-state index contributed by atoms with van der Waals surface area (Å²) in [7, 11) is 0. The van der Waals surface area contributed by atoms with E-state index < -0.39 is 59.3 Å². The molecule has 0 unspecified atom stereocenters. The molecular weight excluding hydrogens is 604 g/mol.